The maximum atomic E-state index is 12.1. The number of aliphatic carboxylic acids is 1. The van der Waals surface area contributed by atoms with Crippen LogP contribution >= 0.6 is 0 Å². The summed E-state index contributed by atoms with van der Waals surface area (Å²) in [4.78, 5) is 24.6. The zero-order valence-corrected chi connectivity index (χ0v) is 11.9. The minimum absolute atomic E-state index is 0.0126. The van der Waals surface area contributed by atoms with Gasteiger partial charge < -0.3 is 20.1 Å². The number of nitrogens with zero attached hydrogens (tertiary/aromatic N) is 1. The second-order valence-corrected chi connectivity index (χ2v) is 5.20. The maximum absolute atomic E-state index is 12.1. The summed E-state index contributed by atoms with van der Waals surface area (Å²) in [6.07, 6.45) is 1.51. The Morgan fingerprint density at radius 1 is 1.37 bits per heavy atom. The molecule has 0 radical (unpaired) electrons. The van der Waals surface area contributed by atoms with Crippen molar-refractivity contribution in [1.82, 2.24) is 10.2 Å². The van der Waals surface area contributed by atoms with Gasteiger partial charge in [0.05, 0.1) is 18.6 Å². The van der Waals surface area contributed by atoms with Gasteiger partial charge in [0.1, 0.15) is 0 Å². The predicted octanol–water partition coefficient (Wildman–Crippen LogP) is 1.45. The predicted molar refractivity (Wildman–Crippen MR) is 71.1 cm³/mol. The largest absolute Gasteiger partial charge is 0.481 e. The van der Waals surface area contributed by atoms with Gasteiger partial charge in [0.2, 0.25) is 0 Å². The lowest BCUT2D eigenvalue weighted by molar-refractivity contribution is -0.137. The molecule has 0 saturated carbocycles. The SMILES string of the molecule is CCCC(CC(=O)O)NC(=O)N1C[C@@H](C)O[C@@H](C)C1. The molecule has 19 heavy (non-hydrogen) atoms. The van der Waals surface area contributed by atoms with Crippen LogP contribution in [0.2, 0.25) is 0 Å². The fourth-order valence-corrected chi connectivity index (χ4v) is 2.39. The molecule has 1 rings (SSSR count). The van der Waals surface area contributed by atoms with Gasteiger partial charge >= 0.3 is 12.0 Å². The average Bonchev–Trinajstić information content (AvgIpc) is 2.26. The van der Waals surface area contributed by atoms with Crippen molar-refractivity contribution >= 4 is 12.0 Å². The maximum Gasteiger partial charge on any atom is 0.317 e. The Morgan fingerprint density at radius 3 is 2.42 bits per heavy atom. The third-order valence-electron chi connectivity index (χ3n) is 3.09. The van der Waals surface area contributed by atoms with E-state index >= 15 is 0 Å². The molecule has 1 saturated heterocycles. The molecule has 0 aromatic rings. The third-order valence-corrected chi connectivity index (χ3v) is 3.09. The highest BCUT2D eigenvalue weighted by Crippen LogP contribution is 2.11. The second kappa shape index (κ2) is 7.33. The molecule has 0 spiro atoms. The number of urea groups is 1. The number of carboxylic acid groups (broad SMARTS) is 1. The molecule has 1 unspecified atom stereocenters. The van der Waals surface area contributed by atoms with E-state index in [1.54, 1.807) is 4.90 Å². The molecule has 2 N–H and O–H groups in total. The first-order chi connectivity index (χ1) is 8.92. The lowest BCUT2D eigenvalue weighted by Gasteiger charge is -2.36. The number of amides is 2. The van der Waals surface area contributed by atoms with Gasteiger partial charge in [0.15, 0.2) is 0 Å². The Labute approximate surface area is 114 Å². The highest BCUT2D eigenvalue weighted by Gasteiger charge is 2.27. The van der Waals surface area contributed by atoms with Gasteiger partial charge in [-0.2, -0.15) is 0 Å². The van der Waals surface area contributed by atoms with E-state index in [2.05, 4.69) is 5.32 Å². The van der Waals surface area contributed by atoms with Gasteiger partial charge in [0.25, 0.3) is 0 Å². The molecule has 0 bridgehead atoms. The van der Waals surface area contributed by atoms with Crippen LogP contribution in [0.5, 0.6) is 0 Å². The zero-order valence-electron chi connectivity index (χ0n) is 11.9. The fourth-order valence-electron chi connectivity index (χ4n) is 2.39. The number of rotatable bonds is 5. The van der Waals surface area contributed by atoms with Gasteiger partial charge in [-0.3, -0.25) is 4.79 Å². The number of ether oxygens (including phenoxy) is 1. The second-order valence-electron chi connectivity index (χ2n) is 5.20. The normalized spacial score (nSPS) is 24.9. The summed E-state index contributed by atoms with van der Waals surface area (Å²) in [5.74, 6) is -0.887. The molecule has 1 fully saturated rings. The fraction of sp³-hybridized carbons (Fsp3) is 0.846. The number of hydrogen-bond donors (Lipinski definition) is 2. The monoisotopic (exact) mass is 272 g/mol. The molecule has 110 valence electrons. The van der Waals surface area contributed by atoms with E-state index in [1.807, 2.05) is 20.8 Å². The summed E-state index contributed by atoms with van der Waals surface area (Å²) in [6, 6.07) is -0.495. The Hall–Kier alpha value is -1.30. The van der Waals surface area contributed by atoms with Crippen molar-refractivity contribution in [2.24, 2.45) is 0 Å². The van der Waals surface area contributed by atoms with Gasteiger partial charge in [-0.05, 0) is 20.3 Å². The van der Waals surface area contributed by atoms with Crippen LogP contribution in [-0.2, 0) is 9.53 Å². The standard InChI is InChI=1S/C13H24N2O4/c1-4-5-11(6-12(16)17)14-13(18)15-7-9(2)19-10(3)8-15/h9-11H,4-8H2,1-3H3,(H,14,18)(H,16,17)/t9-,10+,11?. The van der Waals surface area contributed by atoms with E-state index in [1.165, 1.54) is 0 Å². The molecule has 6 nitrogen and oxygen atoms in total. The lowest BCUT2D eigenvalue weighted by atomic mass is 10.1. The quantitative estimate of drug-likeness (QED) is 0.794. The Bertz CT molecular complexity index is 312. The molecule has 1 heterocycles. The summed E-state index contributed by atoms with van der Waals surface area (Å²) in [6.45, 7) is 6.91. The highest BCUT2D eigenvalue weighted by molar-refractivity contribution is 5.76. The molecular weight excluding hydrogens is 248 g/mol. The van der Waals surface area contributed by atoms with E-state index < -0.39 is 5.97 Å². The van der Waals surface area contributed by atoms with Crippen molar-refractivity contribution < 1.29 is 19.4 Å². The van der Waals surface area contributed by atoms with Crippen molar-refractivity contribution in [2.45, 2.75) is 58.3 Å². The van der Waals surface area contributed by atoms with Gasteiger partial charge in [-0.1, -0.05) is 13.3 Å². The first-order valence-corrected chi connectivity index (χ1v) is 6.85. The summed E-state index contributed by atoms with van der Waals surface area (Å²) in [7, 11) is 0. The first kappa shape index (κ1) is 15.8. The van der Waals surface area contributed by atoms with Crippen LogP contribution in [0.15, 0.2) is 0 Å². The number of nitrogens with one attached hydrogen (secondary N) is 1. The van der Waals surface area contributed by atoms with Gasteiger partial charge in [0, 0.05) is 19.1 Å². The number of carbonyl (C=O) groups excluding carboxylic acids is 1. The lowest BCUT2D eigenvalue weighted by Crippen LogP contribution is -2.53. The molecule has 6 heteroatoms. The Balaban J connectivity index is 2.52. The minimum atomic E-state index is -0.887. The van der Waals surface area contributed by atoms with Crippen LogP contribution in [-0.4, -0.2) is 53.3 Å². The zero-order chi connectivity index (χ0) is 14.4. The van der Waals surface area contributed by atoms with Crippen LogP contribution in [0, 0.1) is 0 Å². The number of hydrogen-bond acceptors (Lipinski definition) is 3. The van der Waals surface area contributed by atoms with Crippen molar-refractivity contribution in [3.05, 3.63) is 0 Å². The van der Waals surface area contributed by atoms with Crippen LogP contribution in [0.25, 0.3) is 0 Å². The van der Waals surface area contributed by atoms with E-state index in [4.69, 9.17) is 9.84 Å². The smallest absolute Gasteiger partial charge is 0.317 e. The highest BCUT2D eigenvalue weighted by atomic mass is 16.5. The van der Waals surface area contributed by atoms with E-state index in [9.17, 15) is 9.59 Å². The Kier molecular flexibility index (Phi) is 6.08. The van der Waals surface area contributed by atoms with Crippen LogP contribution < -0.4 is 5.32 Å². The van der Waals surface area contributed by atoms with Gasteiger partial charge in [-0.25, -0.2) is 4.79 Å². The van der Waals surface area contributed by atoms with E-state index in [0.29, 0.717) is 19.5 Å². The Morgan fingerprint density at radius 2 is 1.95 bits per heavy atom. The van der Waals surface area contributed by atoms with Crippen molar-refractivity contribution in [3.8, 4) is 0 Å². The van der Waals surface area contributed by atoms with Crippen molar-refractivity contribution in [3.63, 3.8) is 0 Å². The van der Waals surface area contributed by atoms with Crippen LogP contribution in [0.1, 0.15) is 40.0 Å². The summed E-state index contributed by atoms with van der Waals surface area (Å²) in [5, 5.41) is 11.6. The third kappa shape index (κ3) is 5.46. The molecule has 3 atom stereocenters. The van der Waals surface area contributed by atoms with Crippen molar-refractivity contribution in [2.75, 3.05) is 13.1 Å². The van der Waals surface area contributed by atoms with Crippen molar-refractivity contribution in [1.29, 1.82) is 0 Å². The number of carboxylic acids is 1. The average molecular weight is 272 g/mol. The number of carbonyl (C=O) groups is 2. The number of morpholine rings is 1. The minimum Gasteiger partial charge on any atom is -0.481 e. The summed E-state index contributed by atoms with van der Waals surface area (Å²) in [5.41, 5.74) is 0. The molecule has 0 aliphatic carbocycles. The summed E-state index contributed by atoms with van der Waals surface area (Å²) < 4.78 is 5.57. The molecule has 1 aliphatic rings. The molecule has 0 aromatic carbocycles. The van der Waals surface area contributed by atoms with Crippen LogP contribution in [0.4, 0.5) is 4.79 Å². The van der Waals surface area contributed by atoms with E-state index in [0.717, 1.165) is 6.42 Å². The first-order valence-electron chi connectivity index (χ1n) is 6.85. The molecule has 1 aliphatic heterocycles. The topological polar surface area (TPSA) is 78.9 Å². The molecule has 0 aromatic heterocycles. The van der Waals surface area contributed by atoms with Gasteiger partial charge in [-0.15, -0.1) is 0 Å². The molecule has 2 amide bonds. The van der Waals surface area contributed by atoms with Crippen LogP contribution in [0.3, 0.4) is 0 Å². The molecular formula is C13H24N2O4. The van der Waals surface area contributed by atoms with E-state index in [-0.39, 0.29) is 30.7 Å². The summed E-state index contributed by atoms with van der Waals surface area (Å²) >= 11 is 0.